The van der Waals surface area contributed by atoms with E-state index in [4.69, 9.17) is 16.3 Å². The summed E-state index contributed by atoms with van der Waals surface area (Å²) in [6.07, 6.45) is 0.917. The van der Waals surface area contributed by atoms with Gasteiger partial charge >= 0.3 is 7.12 Å². The quantitative estimate of drug-likeness (QED) is 0.805. The topological polar surface area (TPSA) is 58.6 Å². The number of hydrogen-bond donors (Lipinski definition) is 2. The lowest BCUT2D eigenvalue weighted by Crippen LogP contribution is -2.29. The zero-order valence-electron chi connectivity index (χ0n) is 15.5. The molecule has 0 radical (unpaired) electrons. The van der Waals surface area contributed by atoms with Gasteiger partial charge in [-0.15, -0.1) is 0 Å². The third-order valence-electron chi connectivity index (χ3n) is 4.55. The minimum Gasteiger partial charge on any atom is -0.423 e. The summed E-state index contributed by atoms with van der Waals surface area (Å²) in [7, 11) is -0.990. The fraction of sp³-hybridized carbons (Fsp3) is 0.350. The van der Waals surface area contributed by atoms with E-state index in [0.717, 1.165) is 17.5 Å². The largest absolute Gasteiger partial charge is 0.492 e. The standard InChI is InChI=1S/C20H23BClNO3/c1-12(2)9-13-5-7-15(18(22)10-13)19(24)23-14-6-8-16-17(11-14)21(25)26-20(16,3)4/h5-8,10-12,25H,9H2,1-4H3,(H,23,24). The molecule has 0 unspecified atom stereocenters. The molecule has 0 bridgehead atoms. The molecule has 0 saturated carbocycles. The number of fused-ring (bicyclic) bond motifs is 1. The Morgan fingerprint density at radius 3 is 2.65 bits per heavy atom. The van der Waals surface area contributed by atoms with Crippen LogP contribution in [0.3, 0.4) is 0 Å². The second kappa shape index (κ2) is 7.07. The van der Waals surface area contributed by atoms with Crippen molar-refractivity contribution in [1.29, 1.82) is 0 Å². The Labute approximate surface area is 159 Å². The number of amides is 1. The lowest BCUT2D eigenvalue weighted by molar-refractivity contribution is 0.100. The number of carbonyl (C=O) groups excluding carboxylic acids is 1. The van der Waals surface area contributed by atoms with Crippen LogP contribution < -0.4 is 10.8 Å². The van der Waals surface area contributed by atoms with Gasteiger partial charge in [-0.1, -0.05) is 37.6 Å². The van der Waals surface area contributed by atoms with Gasteiger partial charge in [-0.2, -0.15) is 0 Å². The van der Waals surface area contributed by atoms with Crippen LogP contribution in [0.25, 0.3) is 0 Å². The molecule has 2 aromatic carbocycles. The van der Waals surface area contributed by atoms with Crippen molar-refractivity contribution in [2.75, 3.05) is 5.32 Å². The number of hydrogen-bond acceptors (Lipinski definition) is 3. The molecule has 136 valence electrons. The lowest BCUT2D eigenvalue weighted by atomic mass is 9.78. The van der Waals surface area contributed by atoms with Crippen molar-refractivity contribution in [3.63, 3.8) is 0 Å². The SMILES string of the molecule is CC(C)Cc1ccc(C(=O)Nc2ccc3c(c2)B(O)OC3(C)C)c(Cl)c1. The number of rotatable bonds is 4. The van der Waals surface area contributed by atoms with E-state index in [-0.39, 0.29) is 5.91 Å². The smallest absolute Gasteiger partial charge is 0.423 e. The van der Waals surface area contributed by atoms with Crippen LogP contribution in [0.4, 0.5) is 5.69 Å². The number of carbonyl (C=O) groups is 1. The zero-order valence-corrected chi connectivity index (χ0v) is 16.2. The maximum atomic E-state index is 12.6. The van der Waals surface area contributed by atoms with E-state index in [1.165, 1.54) is 0 Å². The van der Waals surface area contributed by atoms with E-state index in [9.17, 15) is 9.82 Å². The second-order valence-electron chi connectivity index (χ2n) is 7.65. The number of benzene rings is 2. The van der Waals surface area contributed by atoms with Gasteiger partial charge in [0.05, 0.1) is 16.2 Å². The first-order chi connectivity index (χ1) is 12.2. The fourth-order valence-electron chi connectivity index (χ4n) is 3.34. The van der Waals surface area contributed by atoms with E-state index >= 15 is 0 Å². The van der Waals surface area contributed by atoms with Gasteiger partial charge in [0.2, 0.25) is 0 Å². The number of anilines is 1. The van der Waals surface area contributed by atoms with Crippen LogP contribution >= 0.6 is 11.6 Å². The maximum absolute atomic E-state index is 12.6. The molecule has 1 heterocycles. The van der Waals surface area contributed by atoms with Gasteiger partial charge in [0.25, 0.3) is 5.91 Å². The molecular formula is C20H23BClNO3. The first-order valence-corrected chi connectivity index (χ1v) is 9.15. The molecule has 0 saturated heterocycles. The predicted octanol–water partition coefficient (Wildman–Crippen LogP) is 3.74. The number of halogens is 1. The fourth-order valence-corrected chi connectivity index (χ4v) is 3.63. The zero-order chi connectivity index (χ0) is 19.1. The Morgan fingerprint density at radius 1 is 1.27 bits per heavy atom. The van der Waals surface area contributed by atoms with Crippen molar-refractivity contribution in [1.82, 2.24) is 0 Å². The van der Waals surface area contributed by atoms with E-state index < -0.39 is 12.7 Å². The van der Waals surface area contributed by atoms with Crippen LogP contribution in [0.5, 0.6) is 0 Å². The monoisotopic (exact) mass is 371 g/mol. The molecular weight excluding hydrogens is 348 g/mol. The van der Waals surface area contributed by atoms with Crippen molar-refractivity contribution in [2.24, 2.45) is 5.92 Å². The van der Waals surface area contributed by atoms with Crippen molar-refractivity contribution < 1.29 is 14.5 Å². The molecule has 3 rings (SSSR count). The highest BCUT2D eigenvalue weighted by Crippen LogP contribution is 2.31. The van der Waals surface area contributed by atoms with Crippen LogP contribution in [0.2, 0.25) is 5.02 Å². The predicted molar refractivity (Wildman–Crippen MR) is 106 cm³/mol. The van der Waals surface area contributed by atoms with Crippen molar-refractivity contribution in [3.05, 3.63) is 58.1 Å². The molecule has 0 atom stereocenters. The molecule has 4 nitrogen and oxygen atoms in total. The third kappa shape index (κ3) is 3.80. The highest BCUT2D eigenvalue weighted by atomic mass is 35.5. The normalized spacial score (nSPS) is 15.3. The molecule has 2 N–H and O–H groups in total. The molecule has 1 aliphatic heterocycles. The highest BCUT2D eigenvalue weighted by molar-refractivity contribution is 6.62. The molecule has 2 aromatic rings. The summed E-state index contributed by atoms with van der Waals surface area (Å²) in [5.41, 5.74) is 3.17. The van der Waals surface area contributed by atoms with Gasteiger partial charge in [0.15, 0.2) is 0 Å². The van der Waals surface area contributed by atoms with Gasteiger partial charge < -0.3 is 15.0 Å². The number of nitrogens with one attached hydrogen (secondary N) is 1. The van der Waals surface area contributed by atoms with Crippen molar-refractivity contribution in [2.45, 2.75) is 39.7 Å². The van der Waals surface area contributed by atoms with Crippen molar-refractivity contribution >= 4 is 35.8 Å². The van der Waals surface area contributed by atoms with Gasteiger partial charge in [-0.3, -0.25) is 4.79 Å². The van der Waals surface area contributed by atoms with Crippen molar-refractivity contribution in [3.8, 4) is 0 Å². The first kappa shape index (κ1) is 19.0. The minimum absolute atomic E-state index is 0.279. The van der Waals surface area contributed by atoms with Crippen LogP contribution in [-0.2, 0) is 16.7 Å². The summed E-state index contributed by atoms with van der Waals surface area (Å²) in [4.78, 5) is 12.6. The summed E-state index contributed by atoms with van der Waals surface area (Å²) in [5, 5.41) is 13.4. The third-order valence-corrected chi connectivity index (χ3v) is 4.87. The van der Waals surface area contributed by atoms with E-state index in [0.29, 0.717) is 27.7 Å². The average Bonchev–Trinajstić information content (AvgIpc) is 2.75. The molecule has 6 heteroatoms. The van der Waals surface area contributed by atoms with E-state index in [1.807, 2.05) is 32.0 Å². The lowest BCUT2D eigenvalue weighted by Gasteiger charge is -2.19. The molecule has 0 aromatic heterocycles. The molecule has 0 spiro atoms. The second-order valence-corrected chi connectivity index (χ2v) is 8.06. The van der Waals surface area contributed by atoms with Crippen LogP contribution in [0.15, 0.2) is 36.4 Å². The summed E-state index contributed by atoms with van der Waals surface area (Å²) < 4.78 is 5.55. The molecule has 0 fully saturated rings. The first-order valence-electron chi connectivity index (χ1n) is 8.77. The summed E-state index contributed by atoms with van der Waals surface area (Å²) in [5.74, 6) is 0.244. The molecule has 1 aliphatic rings. The minimum atomic E-state index is -0.990. The van der Waals surface area contributed by atoms with Gasteiger partial charge in [-0.25, -0.2) is 0 Å². The Bertz CT molecular complexity index is 851. The Kier molecular flexibility index (Phi) is 5.15. The van der Waals surface area contributed by atoms with Gasteiger partial charge in [0, 0.05) is 5.69 Å². The van der Waals surface area contributed by atoms with Crippen LogP contribution in [0, 0.1) is 5.92 Å². The van der Waals surface area contributed by atoms with Gasteiger partial charge in [-0.05, 0) is 67.0 Å². The Morgan fingerprint density at radius 2 is 2.00 bits per heavy atom. The molecule has 1 amide bonds. The van der Waals surface area contributed by atoms with E-state index in [1.54, 1.807) is 18.2 Å². The summed E-state index contributed by atoms with van der Waals surface area (Å²) in [6.45, 7) is 8.08. The summed E-state index contributed by atoms with van der Waals surface area (Å²) in [6, 6.07) is 11.0. The average molecular weight is 372 g/mol. The molecule has 0 aliphatic carbocycles. The molecule has 26 heavy (non-hydrogen) atoms. The Balaban J connectivity index is 1.80. The highest BCUT2D eigenvalue weighted by Gasteiger charge is 2.40. The van der Waals surface area contributed by atoms with E-state index in [2.05, 4.69) is 19.2 Å². The van der Waals surface area contributed by atoms with Crippen LogP contribution in [0.1, 0.15) is 49.2 Å². The summed E-state index contributed by atoms with van der Waals surface area (Å²) >= 11 is 6.31. The van der Waals surface area contributed by atoms with Crippen LogP contribution in [-0.4, -0.2) is 18.0 Å². The van der Waals surface area contributed by atoms with Gasteiger partial charge in [0.1, 0.15) is 0 Å². The maximum Gasteiger partial charge on any atom is 0.492 e. The Hall–Kier alpha value is -1.82.